The Labute approximate surface area is 112 Å². The van der Waals surface area contributed by atoms with Crippen LogP contribution in [0.25, 0.3) is 0 Å². The van der Waals surface area contributed by atoms with Gasteiger partial charge in [-0.3, -0.25) is 4.79 Å². The number of carbonyl (C=O) groups is 1. The maximum atomic E-state index is 11.3. The van der Waals surface area contributed by atoms with Crippen LogP contribution >= 0.6 is 0 Å². The lowest BCUT2D eigenvalue weighted by Crippen LogP contribution is -2.24. The van der Waals surface area contributed by atoms with Crippen molar-refractivity contribution in [2.24, 2.45) is 0 Å². The minimum atomic E-state index is -0.879. The predicted octanol–water partition coefficient (Wildman–Crippen LogP) is 0.176. The van der Waals surface area contributed by atoms with E-state index in [0.29, 0.717) is 17.0 Å². The van der Waals surface area contributed by atoms with Gasteiger partial charge < -0.3 is 25.0 Å². The fraction of sp³-hybridized carbons (Fsp3) is 0.462. The van der Waals surface area contributed by atoms with Crippen LogP contribution in [0, 0.1) is 0 Å². The van der Waals surface area contributed by atoms with E-state index in [9.17, 15) is 9.90 Å². The second-order valence-corrected chi connectivity index (χ2v) is 3.96. The first-order valence-corrected chi connectivity index (χ1v) is 5.87. The van der Waals surface area contributed by atoms with Crippen molar-refractivity contribution in [1.29, 1.82) is 0 Å². The number of aliphatic hydroxyl groups is 2. The number of aliphatic hydroxyl groups excluding tert-OH is 2. The highest BCUT2D eigenvalue weighted by Gasteiger charge is 2.13. The molecule has 0 fully saturated rings. The molecule has 1 aromatic carbocycles. The average molecular weight is 269 g/mol. The molecule has 1 rings (SSSR count). The molecule has 0 aliphatic rings. The Morgan fingerprint density at radius 3 is 2.74 bits per heavy atom. The van der Waals surface area contributed by atoms with Crippen molar-refractivity contribution >= 4 is 11.7 Å². The largest absolute Gasteiger partial charge is 0.495 e. The Morgan fingerprint density at radius 1 is 1.42 bits per heavy atom. The van der Waals surface area contributed by atoms with Crippen molar-refractivity contribution in [2.45, 2.75) is 12.5 Å². The molecule has 0 spiro atoms. The van der Waals surface area contributed by atoms with Gasteiger partial charge in [-0.2, -0.15) is 0 Å². The summed E-state index contributed by atoms with van der Waals surface area (Å²) in [5.41, 5.74) is 1.32. The molecule has 0 bridgehead atoms. The van der Waals surface area contributed by atoms with E-state index < -0.39 is 6.10 Å². The fourth-order valence-corrected chi connectivity index (χ4v) is 1.61. The van der Waals surface area contributed by atoms with Crippen LogP contribution in [0.4, 0.5) is 5.69 Å². The Morgan fingerprint density at radius 2 is 2.16 bits per heavy atom. The zero-order chi connectivity index (χ0) is 14.3. The first kappa shape index (κ1) is 15.3. The van der Waals surface area contributed by atoms with Crippen LogP contribution in [0.2, 0.25) is 0 Å². The van der Waals surface area contributed by atoms with E-state index in [1.165, 1.54) is 14.2 Å². The second-order valence-electron chi connectivity index (χ2n) is 3.96. The van der Waals surface area contributed by atoms with E-state index in [0.717, 1.165) is 0 Å². The zero-order valence-electron chi connectivity index (χ0n) is 11.0. The SMILES string of the molecule is COC(=O)Cc1cccc(OC)c1NCC(O)CO. The molecule has 106 valence electrons. The van der Waals surface area contributed by atoms with Gasteiger partial charge in [-0.15, -0.1) is 0 Å². The maximum absolute atomic E-state index is 11.3. The molecule has 0 saturated heterocycles. The zero-order valence-corrected chi connectivity index (χ0v) is 11.0. The molecule has 0 aliphatic carbocycles. The molecule has 0 amide bonds. The summed E-state index contributed by atoms with van der Waals surface area (Å²) >= 11 is 0. The van der Waals surface area contributed by atoms with Crippen molar-refractivity contribution in [3.63, 3.8) is 0 Å². The van der Waals surface area contributed by atoms with Gasteiger partial charge in [-0.05, 0) is 11.6 Å². The quantitative estimate of drug-likeness (QED) is 0.612. The predicted molar refractivity (Wildman–Crippen MR) is 70.3 cm³/mol. The Hall–Kier alpha value is -1.79. The van der Waals surface area contributed by atoms with Gasteiger partial charge in [0, 0.05) is 6.54 Å². The molecule has 1 atom stereocenters. The highest BCUT2D eigenvalue weighted by Crippen LogP contribution is 2.28. The van der Waals surface area contributed by atoms with E-state index in [1.807, 2.05) is 0 Å². The number of nitrogens with one attached hydrogen (secondary N) is 1. The van der Waals surface area contributed by atoms with Crippen molar-refractivity contribution in [1.82, 2.24) is 0 Å². The lowest BCUT2D eigenvalue weighted by atomic mass is 10.1. The van der Waals surface area contributed by atoms with Gasteiger partial charge in [-0.1, -0.05) is 12.1 Å². The van der Waals surface area contributed by atoms with Gasteiger partial charge in [0.2, 0.25) is 0 Å². The van der Waals surface area contributed by atoms with Crippen LogP contribution < -0.4 is 10.1 Å². The summed E-state index contributed by atoms with van der Waals surface area (Å²) in [6.45, 7) is -0.181. The van der Waals surface area contributed by atoms with Crippen molar-refractivity contribution in [3.05, 3.63) is 23.8 Å². The lowest BCUT2D eigenvalue weighted by Gasteiger charge is -2.17. The smallest absolute Gasteiger partial charge is 0.310 e. The summed E-state index contributed by atoms with van der Waals surface area (Å²) < 4.78 is 9.84. The van der Waals surface area contributed by atoms with Gasteiger partial charge in [0.05, 0.1) is 39.0 Å². The van der Waals surface area contributed by atoms with Gasteiger partial charge >= 0.3 is 5.97 Å². The minimum absolute atomic E-state index is 0.102. The van der Waals surface area contributed by atoms with Gasteiger partial charge in [-0.25, -0.2) is 0 Å². The summed E-state index contributed by atoms with van der Waals surface area (Å²) in [5.74, 6) is 0.200. The highest BCUT2D eigenvalue weighted by atomic mass is 16.5. The molecule has 0 aromatic heterocycles. The average Bonchev–Trinajstić information content (AvgIpc) is 2.44. The number of rotatable bonds is 7. The summed E-state index contributed by atoms with van der Waals surface area (Å²) in [4.78, 5) is 11.3. The molecule has 6 heteroatoms. The number of carbonyl (C=O) groups excluding carboxylic acids is 1. The highest BCUT2D eigenvalue weighted by molar-refractivity contribution is 5.77. The molecular formula is C13H19NO5. The van der Waals surface area contributed by atoms with Gasteiger partial charge in [0.15, 0.2) is 0 Å². The van der Waals surface area contributed by atoms with Crippen LogP contribution in [0.1, 0.15) is 5.56 Å². The second kappa shape index (κ2) is 7.60. The summed E-state index contributed by atoms with van der Waals surface area (Å²) in [5, 5.41) is 21.1. The Bertz CT molecular complexity index is 421. The fourth-order valence-electron chi connectivity index (χ4n) is 1.61. The number of methoxy groups -OCH3 is 2. The molecule has 1 aromatic rings. The van der Waals surface area contributed by atoms with Gasteiger partial charge in [0.25, 0.3) is 0 Å². The van der Waals surface area contributed by atoms with Crippen LogP contribution in [0.3, 0.4) is 0 Å². The first-order chi connectivity index (χ1) is 9.12. The molecule has 1 unspecified atom stereocenters. The number of anilines is 1. The molecule has 0 aliphatic heterocycles. The summed E-state index contributed by atoms with van der Waals surface area (Å²) in [6, 6.07) is 5.28. The van der Waals surface area contributed by atoms with Crippen LogP contribution in [0.5, 0.6) is 5.75 Å². The van der Waals surface area contributed by atoms with E-state index in [-0.39, 0.29) is 25.5 Å². The molecule has 3 N–H and O–H groups in total. The van der Waals surface area contributed by atoms with Crippen LogP contribution in [-0.4, -0.2) is 49.7 Å². The van der Waals surface area contributed by atoms with E-state index >= 15 is 0 Å². The van der Waals surface area contributed by atoms with Gasteiger partial charge in [0.1, 0.15) is 5.75 Å². The number of esters is 1. The minimum Gasteiger partial charge on any atom is -0.495 e. The maximum Gasteiger partial charge on any atom is 0.310 e. The number of benzene rings is 1. The van der Waals surface area contributed by atoms with E-state index in [2.05, 4.69) is 10.1 Å². The standard InChI is InChI=1S/C13H19NO5/c1-18-11-5-3-4-9(6-12(17)19-2)13(11)14-7-10(16)8-15/h3-5,10,14-16H,6-8H2,1-2H3. The first-order valence-electron chi connectivity index (χ1n) is 5.87. The molecule has 0 heterocycles. The number of hydrogen-bond acceptors (Lipinski definition) is 6. The lowest BCUT2D eigenvalue weighted by molar-refractivity contribution is -0.139. The third kappa shape index (κ3) is 4.42. The number of para-hydroxylation sites is 1. The van der Waals surface area contributed by atoms with E-state index in [4.69, 9.17) is 9.84 Å². The van der Waals surface area contributed by atoms with Crippen molar-refractivity contribution in [2.75, 3.05) is 32.7 Å². The number of hydrogen-bond donors (Lipinski definition) is 3. The topological polar surface area (TPSA) is 88.0 Å². The van der Waals surface area contributed by atoms with E-state index in [1.54, 1.807) is 18.2 Å². The third-order valence-electron chi connectivity index (χ3n) is 2.62. The Kier molecular flexibility index (Phi) is 6.11. The molecule has 19 heavy (non-hydrogen) atoms. The third-order valence-corrected chi connectivity index (χ3v) is 2.62. The molecular weight excluding hydrogens is 250 g/mol. The molecule has 6 nitrogen and oxygen atoms in total. The normalized spacial score (nSPS) is 11.8. The van der Waals surface area contributed by atoms with Crippen molar-refractivity contribution in [3.8, 4) is 5.75 Å². The van der Waals surface area contributed by atoms with Crippen LogP contribution in [0.15, 0.2) is 18.2 Å². The Balaban J connectivity index is 2.92. The monoisotopic (exact) mass is 269 g/mol. The molecule has 0 saturated carbocycles. The van der Waals surface area contributed by atoms with Crippen LogP contribution in [-0.2, 0) is 16.0 Å². The molecule has 0 radical (unpaired) electrons. The van der Waals surface area contributed by atoms with Crippen molar-refractivity contribution < 1.29 is 24.5 Å². The summed E-state index contributed by atoms with van der Waals surface area (Å²) in [7, 11) is 2.84. The summed E-state index contributed by atoms with van der Waals surface area (Å²) in [6.07, 6.45) is -0.776. The number of ether oxygens (including phenoxy) is 2.